The van der Waals surface area contributed by atoms with Gasteiger partial charge in [0.15, 0.2) is 0 Å². The number of H-pyrrole nitrogens is 1. The first-order chi connectivity index (χ1) is 13.5. The van der Waals surface area contributed by atoms with Crippen LogP contribution in [0, 0.1) is 5.92 Å². The highest BCUT2D eigenvalue weighted by Crippen LogP contribution is 2.41. The minimum atomic E-state index is 0.349. The Morgan fingerprint density at radius 3 is 2.79 bits per heavy atom. The fourth-order valence-electron chi connectivity index (χ4n) is 4.07. The normalized spacial score (nSPS) is 16.4. The van der Waals surface area contributed by atoms with Crippen LogP contribution in [0.3, 0.4) is 0 Å². The summed E-state index contributed by atoms with van der Waals surface area (Å²) < 4.78 is 0. The van der Waals surface area contributed by atoms with Gasteiger partial charge in [-0.05, 0) is 36.1 Å². The molecule has 0 saturated carbocycles. The molecule has 3 aromatic heterocycles. The number of aromatic nitrogens is 3. The van der Waals surface area contributed by atoms with Crippen molar-refractivity contribution in [1.29, 1.82) is 0 Å². The third-order valence-electron chi connectivity index (χ3n) is 5.32. The number of aromatic amines is 1. The van der Waals surface area contributed by atoms with E-state index in [0.29, 0.717) is 11.8 Å². The molecule has 0 bridgehead atoms. The number of hydrogen-bond acceptors (Lipinski definition) is 4. The molecule has 3 aromatic rings. The maximum atomic E-state index is 4.72. The van der Waals surface area contributed by atoms with Crippen molar-refractivity contribution in [3.05, 3.63) is 60.7 Å². The minimum Gasteiger partial charge on any atom is -0.393 e. The molecule has 0 saturated heterocycles. The molecule has 0 radical (unpaired) electrons. The molecule has 5 heteroatoms. The Kier molecular flexibility index (Phi) is 4.59. The van der Waals surface area contributed by atoms with Crippen LogP contribution in [-0.4, -0.2) is 27.7 Å². The highest BCUT2D eigenvalue weighted by Gasteiger charge is 2.28. The van der Waals surface area contributed by atoms with Crippen molar-refractivity contribution in [2.45, 2.75) is 26.7 Å². The van der Waals surface area contributed by atoms with Crippen LogP contribution < -0.4 is 5.32 Å². The van der Waals surface area contributed by atoms with Gasteiger partial charge in [-0.15, -0.1) is 0 Å². The molecule has 4 rings (SSSR count). The predicted octanol–water partition coefficient (Wildman–Crippen LogP) is 5.22. The molecule has 142 valence electrons. The Labute approximate surface area is 165 Å². The molecule has 1 aliphatic rings. The van der Waals surface area contributed by atoms with Gasteiger partial charge in [-0.2, -0.15) is 0 Å². The summed E-state index contributed by atoms with van der Waals surface area (Å²) in [6.07, 6.45) is 9.48. The van der Waals surface area contributed by atoms with E-state index in [-0.39, 0.29) is 0 Å². The smallest absolute Gasteiger partial charge is 0.137 e. The number of rotatable bonds is 5. The van der Waals surface area contributed by atoms with Gasteiger partial charge in [0, 0.05) is 53.8 Å². The van der Waals surface area contributed by atoms with Crippen molar-refractivity contribution >= 4 is 28.0 Å². The number of nitrogens with zero attached hydrogens (tertiary/aromatic N) is 3. The van der Waals surface area contributed by atoms with Gasteiger partial charge in [0.25, 0.3) is 0 Å². The van der Waals surface area contributed by atoms with Gasteiger partial charge in [0.1, 0.15) is 5.65 Å². The molecule has 0 aromatic carbocycles. The molecule has 2 N–H and O–H groups in total. The summed E-state index contributed by atoms with van der Waals surface area (Å²) in [4.78, 5) is 17.3. The van der Waals surface area contributed by atoms with Gasteiger partial charge in [-0.25, -0.2) is 4.98 Å². The SMILES string of the molecule is C=C/C(=C\NC)c1cnc2[nH]cc(-c3cc4c(cn3)N=C(C)C4C(C)C)c2c1. The molecule has 0 fully saturated rings. The number of allylic oxidation sites excluding steroid dienone is 2. The summed E-state index contributed by atoms with van der Waals surface area (Å²) in [5.74, 6) is 0.847. The number of hydrogen-bond donors (Lipinski definition) is 2. The fourth-order valence-corrected chi connectivity index (χ4v) is 4.07. The third kappa shape index (κ3) is 2.93. The Balaban J connectivity index is 1.83. The van der Waals surface area contributed by atoms with Crippen molar-refractivity contribution < 1.29 is 0 Å². The van der Waals surface area contributed by atoms with Gasteiger partial charge in [-0.1, -0.05) is 26.5 Å². The molecule has 0 spiro atoms. The van der Waals surface area contributed by atoms with Gasteiger partial charge in [0.05, 0.1) is 17.6 Å². The predicted molar refractivity (Wildman–Crippen MR) is 117 cm³/mol. The van der Waals surface area contributed by atoms with E-state index in [0.717, 1.165) is 39.1 Å². The Hall–Kier alpha value is -3.21. The lowest BCUT2D eigenvalue weighted by molar-refractivity contribution is 0.609. The quantitative estimate of drug-likeness (QED) is 0.605. The molecule has 4 heterocycles. The van der Waals surface area contributed by atoms with Gasteiger partial charge >= 0.3 is 0 Å². The summed E-state index contributed by atoms with van der Waals surface area (Å²) >= 11 is 0. The van der Waals surface area contributed by atoms with Crippen LogP contribution in [0.15, 0.2) is 54.6 Å². The molecule has 0 amide bonds. The highest BCUT2D eigenvalue weighted by atomic mass is 14.9. The maximum absolute atomic E-state index is 4.72. The van der Waals surface area contributed by atoms with Crippen LogP contribution in [0.25, 0.3) is 27.9 Å². The van der Waals surface area contributed by atoms with Crippen molar-refractivity contribution in [2.75, 3.05) is 7.05 Å². The summed E-state index contributed by atoms with van der Waals surface area (Å²) in [6, 6.07) is 4.32. The van der Waals surface area contributed by atoms with Crippen molar-refractivity contribution in [3.8, 4) is 11.3 Å². The topological polar surface area (TPSA) is 66.0 Å². The van der Waals surface area contributed by atoms with Crippen LogP contribution >= 0.6 is 0 Å². The zero-order valence-corrected chi connectivity index (χ0v) is 16.7. The minimum absolute atomic E-state index is 0.349. The fraction of sp³-hybridized carbons (Fsp3) is 0.261. The van der Waals surface area contributed by atoms with E-state index in [9.17, 15) is 0 Å². The van der Waals surface area contributed by atoms with Crippen LogP contribution in [0.1, 0.15) is 37.8 Å². The number of pyridine rings is 2. The molecule has 1 aliphatic heterocycles. The largest absolute Gasteiger partial charge is 0.393 e. The first kappa shape index (κ1) is 18.2. The Bertz CT molecular complexity index is 1120. The van der Waals surface area contributed by atoms with Gasteiger partial charge < -0.3 is 10.3 Å². The molecule has 5 nitrogen and oxygen atoms in total. The first-order valence-corrected chi connectivity index (χ1v) is 9.56. The zero-order chi connectivity index (χ0) is 19.8. The third-order valence-corrected chi connectivity index (χ3v) is 5.32. The summed E-state index contributed by atoms with van der Waals surface area (Å²) in [5, 5.41) is 4.11. The first-order valence-electron chi connectivity index (χ1n) is 9.56. The Morgan fingerprint density at radius 1 is 1.25 bits per heavy atom. The lowest BCUT2D eigenvalue weighted by Crippen LogP contribution is -2.11. The van der Waals surface area contributed by atoms with E-state index in [1.807, 2.05) is 37.9 Å². The Morgan fingerprint density at radius 2 is 2.07 bits per heavy atom. The summed E-state index contributed by atoms with van der Waals surface area (Å²) in [6.45, 7) is 10.5. The molecular weight excluding hydrogens is 346 g/mol. The second kappa shape index (κ2) is 7.08. The van der Waals surface area contributed by atoms with E-state index in [1.165, 1.54) is 11.3 Å². The second-order valence-electron chi connectivity index (χ2n) is 7.52. The number of aliphatic imine (C=N–C) groups is 1. The van der Waals surface area contributed by atoms with Crippen LogP contribution in [0.2, 0.25) is 0 Å². The lowest BCUT2D eigenvalue weighted by atomic mass is 9.86. The number of fused-ring (bicyclic) bond motifs is 2. The van der Waals surface area contributed by atoms with Crippen molar-refractivity contribution in [1.82, 2.24) is 20.3 Å². The van der Waals surface area contributed by atoms with Crippen LogP contribution in [-0.2, 0) is 0 Å². The van der Waals surface area contributed by atoms with E-state index < -0.39 is 0 Å². The van der Waals surface area contributed by atoms with Crippen LogP contribution in [0.5, 0.6) is 0 Å². The molecule has 0 aliphatic carbocycles. The average molecular weight is 371 g/mol. The molecular formula is C23H25N5. The standard InChI is InChI=1S/C23H25N5/c1-6-15(9-24-5)16-7-17-19(11-27-23(17)26-10-16)20-8-18-21(12-25-20)28-14(4)22(18)13(2)3/h6-13,22,24H,1H2,2-5H3,(H,26,27)/b15-9+. The average Bonchev–Trinajstić information content (AvgIpc) is 3.24. The molecule has 1 atom stereocenters. The maximum Gasteiger partial charge on any atom is 0.137 e. The van der Waals surface area contributed by atoms with E-state index in [2.05, 4.69) is 54.8 Å². The van der Waals surface area contributed by atoms with E-state index in [4.69, 9.17) is 9.98 Å². The zero-order valence-electron chi connectivity index (χ0n) is 16.7. The van der Waals surface area contributed by atoms with Crippen LogP contribution in [0.4, 0.5) is 5.69 Å². The van der Waals surface area contributed by atoms with Gasteiger partial charge in [0.2, 0.25) is 0 Å². The number of nitrogens with one attached hydrogen (secondary N) is 2. The van der Waals surface area contributed by atoms with E-state index in [1.54, 1.807) is 0 Å². The summed E-state index contributed by atoms with van der Waals surface area (Å²) in [7, 11) is 1.88. The lowest BCUT2D eigenvalue weighted by Gasteiger charge is -2.17. The van der Waals surface area contributed by atoms with Crippen molar-refractivity contribution in [3.63, 3.8) is 0 Å². The van der Waals surface area contributed by atoms with Gasteiger partial charge in [-0.3, -0.25) is 9.98 Å². The molecule has 1 unspecified atom stereocenters. The monoisotopic (exact) mass is 371 g/mol. The highest BCUT2D eigenvalue weighted by molar-refractivity contribution is 5.98. The second-order valence-corrected chi connectivity index (χ2v) is 7.52. The van der Waals surface area contributed by atoms with E-state index >= 15 is 0 Å². The molecule has 28 heavy (non-hydrogen) atoms. The van der Waals surface area contributed by atoms with Crippen molar-refractivity contribution in [2.24, 2.45) is 10.9 Å². The summed E-state index contributed by atoms with van der Waals surface area (Å²) in [5.41, 5.74) is 8.26.